The van der Waals surface area contributed by atoms with Crippen molar-refractivity contribution in [3.05, 3.63) is 0 Å². The van der Waals surface area contributed by atoms with E-state index in [2.05, 4.69) is 5.32 Å². The zero-order chi connectivity index (χ0) is 13.3. The molecule has 17 heavy (non-hydrogen) atoms. The van der Waals surface area contributed by atoms with E-state index in [0.29, 0.717) is 26.2 Å². The van der Waals surface area contributed by atoms with Crippen LogP contribution in [0.5, 0.6) is 0 Å². The molecule has 1 N–H and O–H groups in total. The first kappa shape index (κ1) is 16.8. The zero-order valence-electron chi connectivity index (χ0n) is 11.3. The van der Waals surface area contributed by atoms with Gasteiger partial charge in [0.1, 0.15) is 0 Å². The maximum Gasteiger partial charge on any atom is 0.281 e. The van der Waals surface area contributed by atoms with Crippen molar-refractivity contribution in [2.24, 2.45) is 0 Å². The molecule has 0 spiro atoms. The van der Waals surface area contributed by atoms with E-state index in [1.807, 2.05) is 14.0 Å². The van der Waals surface area contributed by atoms with Gasteiger partial charge in [0, 0.05) is 33.8 Å². The van der Waals surface area contributed by atoms with Crippen LogP contribution in [0.15, 0.2) is 0 Å². The predicted octanol–water partition coefficient (Wildman–Crippen LogP) is -0.259. The Hall–Kier alpha value is -0.210. The van der Waals surface area contributed by atoms with Crippen molar-refractivity contribution in [1.82, 2.24) is 13.9 Å². The first-order valence-electron chi connectivity index (χ1n) is 5.85. The Morgan fingerprint density at radius 2 is 1.94 bits per heavy atom. The normalized spacial score (nSPS) is 12.6. The fourth-order valence-corrected chi connectivity index (χ4v) is 2.81. The first-order valence-corrected chi connectivity index (χ1v) is 7.25. The standard InChI is InChI=1S/C10H25N3O3S/c1-5-13(9-10-16-4)17(14,15)12(3)8-6-7-11-2/h11H,5-10H2,1-4H3. The highest BCUT2D eigenvalue weighted by atomic mass is 32.2. The van der Waals surface area contributed by atoms with Crippen molar-refractivity contribution >= 4 is 10.2 Å². The van der Waals surface area contributed by atoms with Crippen LogP contribution in [0.2, 0.25) is 0 Å². The minimum Gasteiger partial charge on any atom is -0.383 e. The number of hydrogen-bond acceptors (Lipinski definition) is 4. The highest BCUT2D eigenvalue weighted by molar-refractivity contribution is 7.86. The van der Waals surface area contributed by atoms with Gasteiger partial charge in [-0.1, -0.05) is 6.92 Å². The molecule has 0 aromatic carbocycles. The monoisotopic (exact) mass is 267 g/mol. The summed E-state index contributed by atoms with van der Waals surface area (Å²) in [5.74, 6) is 0. The van der Waals surface area contributed by atoms with Crippen LogP contribution in [0.3, 0.4) is 0 Å². The van der Waals surface area contributed by atoms with Gasteiger partial charge in [-0.05, 0) is 20.0 Å². The summed E-state index contributed by atoms with van der Waals surface area (Å²) in [6.45, 7) is 4.43. The summed E-state index contributed by atoms with van der Waals surface area (Å²) >= 11 is 0. The predicted molar refractivity (Wildman–Crippen MR) is 69.2 cm³/mol. The van der Waals surface area contributed by atoms with Crippen LogP contribution in [0.25, 0.3) is 0 Å². The first-order chi connectivity index (χ1) is 8.00. The van der Waals surface area contributed by atoms with Crippen LogP contribution in [0.1, 0.15) is 13.3 Å². The third-order valence-corrected chi connectivity index (χ3v) is 4.58. The second-order valence-corrected chi connectivity index (χ2v) is 5.81. The fourth-order valence-electron chi connectivity index (χ4n) is 1.42. The lowest BCUT2D eigenvalue weighted by Gasteiger charge is -2.26. The zero-order valence-corrected chi connectivity index (χ0v) is 12.1. The average molecular weight is 267 g/mol. The van der Waals surface area contributed by atoms with E-state index in [-0.39, 0.29) is 0 Å². The Morgan fingerprint density at radius 1 is 1.29 bits per heavy atom. The summed E-state index contributed by atoms with van der Waals surface area (Å²) in [7, 11) is 1.69. The summed E-state index contributed by atoms with van der Waals surface area (Å²) in [5.41, 5.74) is 0. The van der Waals surface area contributed by atoms with E-state index < -0.39 is 10.2 Å². The highest BCUT2D eigenvalue weighted by Gasteiger charge is 2.24. The molecule has 0 atom stereocenters. The van der Waals surface area contributed by atoms with E-state index in [4.69, 9.17) is 4.74 Å². The Kier molecular flexibility index (Phi) is 8.71. The number of likely N-dealkylation sites (N-methyl/N-ethyl adjacent to an activating group) is 1. The van der Waals surface area contributed by atoms with Gasteiger partial charge in [0.25, 0.3) is 10.2 Å². The molecule has 0 heterocycles. The molecule has 0 rings (SSSR count). The number of hydrogen-bond donors (Lipinski definition) is 1. The lowest BCUT2D eigenvalue weighted by molar-refractivity contribution is 0.178. The summed E-state index contributed by atoms with van der Waals surface area (Å²) in [6, 6.07) is 0. The van der Waals surface area contributed by atoms with Crippen molar-refractivity contribution in [2.45, 2.75) is 13.3 Å². The van der Waals surface area contributed by atoms with Crippen molar-refractivity contribution < 1.29 is 13.2 Å². The van der Waals surface area contributed by atoms with Crippen LogP contribution in [-0.4, -0.2) is 71.0 Å². The molecule has 104 valence electrons. The molecule has 0 aliphatic heterocycles. The van der Waals surface area contributed by atoms with Gasteiger partial charge in [0.15, 0.2) is 0 Å². The van der Waals surface area contributed by atoms with E-state index >= 15 is 0 Å². The highest BCUT2D eigenvalue weighted by Crippen LogP contribution is 2.06. The van der Waals surface area contributed by atoms with Gasteiger partial charge >= 0.3 is 0 Å². The van der Waals surface area contributed by atoms with Gasteiger partial charge in [-0.25, -0.2) is 0 Å². The second-order valence-electron chi connectivity index (χ2n) is 3.77. The van der Waals surface area contributed by atoms with Gasteiger partial charge in [-0.2, -0.15) is 17.0 Å². The van der Waals surface area contributed by atoms with Crippen molar-refractivity contribution in [3.8, 4) is 0 Å². The number of ether oxygens (including phenoxy) is 1. The van der Waals surface area contributed by atoms with Gasteiger partial charge < -0.3 is 10.1 Å². The van der Waals surface area contributed by atoms with E-state index in [1.165, 1.54) is 8.61 Å². The van der Waals surface area contributed by atoms with Crippen LogP contribution < -0.4 is 5.32 Å². The largest absolute Gasteiger partial charge is 0.383 e. The molecular formula is C10H25N3O3S. The maximum absolute atomic E-state index is 12.1. The third-order valence-electron chi connectivity index (χ3n) is 2.52. The van der Waals surface area contributed by atoms with Crippen molar-refractivity contribution in [3.63, 3.8) is 0 Å². The Labute approximate surface area is 105 Å². The lowest BCUT2D eigenvalue weighted by Crippen LogP contribution is -2.43. The van der Waals surface area contributed by atoms with Crippen LogP contribution in [-0.2, 0) is 14.9 Å². The molecule has 0 amide bonds. The molecule has 0 unspecified atom stereocenters. The minimum atomic E-state index is -3.34. The van der Waals surface area contributed by atoms with E-state index in [1.54, 1.807) is 14.2 Å². The SMILES string of the molecule is CCN(CCOC)S(=O)(=O)N(C)CCCNC. The average Bonchev–Trinajstić information content (AvgIpc) is 2.30. The molecule has 7 heteroatoms. The number of nitrogens with one attached hydrogen (secondary N) is 1. The van der Waals surface area contributed by atoms with Crippen LogP contribution in [0.4, 0.5) is 0 Å². The van der Waals surface area contributed by atoms with Gasteiger partial charge in [0.2, 0.25) is 0 Å². The molecule has 0 bridgehead atoms. The minimum absolute atomic E-state index is 0.395. The van der Waals surface area contributed by atoms with Gasteiger partial charge in [-0.3, -0.25) is 0 Å². The third kappa shape index (κ3) is 5.78. The van der Waals surface area contributed by atoms with E-state index in [0.717, 1.165) is 13.0 Å². The molecular weight excluding hydrogens is 242 g/mol. The summed E-state index contributed by atoms with van der Waals surface area (Å²) < 4.78 is 32.0. The smallest absolute Gasteiger partial charge is 0.281 e. The fraction of sp³-hybridized carbons (Fsp3) is 1.00. The van der Waals surface area contributed by atoms with Gasteiger partial charge in [0.05, 0.1) is 6.61 Å². The molecule has 0 fully saturated rings. The maximum atomic E-state index is 12.1. The second kappa shape index (κ2) is 8.82. The van der Waals surface area contributed by atoms with Gasteiger partial charge in [-0.15, -0.1) is 0 Å². The van der Waals surface area contributed by atoms with Crippen LogP contribution in [0, 0.1) is 0 Å². The molecule has 0 aromatic rings. The molecule has 0 saturated carbocycles. The Balaban J connectivity index is 4.38. The molecule has 0 aliphatic rings. The molecule has 0 radical (unpaired) electrons. The summed E-state index contributed by atoms with van der Waals surface area (Å²) in [4.78, 5) is 0. The molecule has 0 aromatic heterocycles. The lowest BCUT2D eigenvalue weighted by atomic mass is 10.4. The number of rotatable bonds is 10. The molecule has 0 saturated heterocycles. The topological polar surface area (TPSA) is 61.9 Å². The number of nitrogens with zero attached hydrogens (tertiary/aromatic N) is 2. The summed E-state index contributed by atoms with van der Waals surface area (Å²) in [6.07, 6.45) is 0.800. The quantitative estimate of drug-likeness (QED) is 0.554. The summed E-state index contributed by atoms with van der Waals surface area (Å²) in [5, 5.41) is 3.00. The number of methoxy groups -OCH3 is 1. The Morgan fingerprint density at radius 3 is 2.41 bits per heavy atom. The molecule has 0 aliphatic carbocycles. The van der Waals surface area contributed by atoms with E-state index in [9.17, 15) is 8.42 Å². The van der Waals surface area contributed by atoms with Crippen molar-refractivity contribution in [2.75, 3.05) is 54.0 Å². The van der Waals surface area contributed by atoms with Crippen molar-refractivity contribution in [1.29, 1.82) is 0 Å². The Bertz CT molecular complexity index is 283. The van der Waals surface area contributed by atoms with Crippen LogP contribution >= 0.6 is 0 Å². The molecule has 6 nitrogen and oxygen atoms in total.